The Morgan fingerprint density at radius 3 is 2.72 bits per heavy atom. The molecule has 5 nitrogen and oxygen atoms in total. The predicted molar refractivity (Wildman–Crippen MR) is 100 cm³/mol. The van der Waals surface area contributed by atoms with Gasteiger partial charge in [-0.2, -0.15) is 0 Å². The van der Waals surface area contributed by atoms with Crippen LogP contribution in [0.5, 0.6) is 5.75 Å². The van der Waals surface area contributed by atoms with Gasteiger partial charge in [-0.15, -0.1) is 11.8 Å². The topological polar surface area (TPSA) is 75.6 Å². The van der Waals surface area contributed by atoms with E-state index in [1.165, 1.54) is 11.8 Å². The maximum atomic E-state index is 12.2. The molecule has 0 aliphatic carbocycles. The van der Waals surface area contributed by atoms with E-state index in [4.69, 9.17) is 9.84 Å². The Labute approximate surface area is 151 Å². The number of hydrogen-bond donors (Lipinski definition) is 2. The summed E-state index contributed by atoms with van der Waals surface area (Å²) in [5.74, 6) is 0.548. The van der Waals surface area contributed by atoms with Crippen LogP contribution in [-0.2, 0) is 21.8 Å². The first kappa shape index (κ1) is 18.9. The highest BCUT2D eigenvalue weighted by Gasteiger charge is 2.07. The van der Waals surface area contributed by atoms with E-state index in [0.717, 1.165) is 22.6 Å². The van der Waals surface area contributed by atoms with Gasteiger partial charge in [-0.1, -0.05) is 30.3 Å². The lowest BCUT2D eigenvalue weighted by Gasteiger charge is -2.09. The van der Waals surface area contributed by atoms with E-state index >= 15 is 0 Å². The van der Waals surface area contributed by atoms with E-state index in [9.17, 15) is 9.59 Å². The average Bonchev–Trinajstić information content (AvgIpc) is 2.60. The summed E-state index contributed by atoms with van der Waals surface area (Å²) in [6, 6.07) is 15.1. The van der Waals surface area contributed by atoms with Crippen molar-refractivity contribution in [2.75, 3.05) is 18.2 Å². The summed E-state index contributed by atoms with van der Waals surface area (Å²) in [4.78, 5) is 22.7. The molecule has 1 amide bonds. The summed E-state index contributed by atoms with van der Waals surface area (Å²) in [5.41, 5.74) is 2.70. The molecule has 0 fully saturated rings. The molecule has 2 aromatic rings. The molecule has 0 saturated heterocycles. The standard InChI is InChI=1S/C19H21NO4S/c1-24-17-8-3-2-6-15(17)9-10-18(21)20-16-7-4-5-14(11-16)12-25-13-19(22)23/h2-8,11H,9-10,12-13H2,1H3,(H,20,21)(H,22,23). The summed E-state index contributed by atoms with van der Waals surface area (Å²) in [7, 11) is 1.62. The van der Waals surface area contributed by atoms with Gasteiger partial charge in [-0.3, -0.25) is 9.59 Å². The largest absolute Gasteiger partial charge is 0.496 e. The number of thioether (sulfide) groups is 1. The summed E-state index contributed by atoms with van der Waals surface area (Å²) < 4.78 is 5.29. The lowest BCUT2D eigenvalue weighted by molar-refractivity contribution is -0.133. The number of methoxy groups -OCH3 is 1. The number of para-hydroxylation sites is 1. The summed E-state index contributed by atoms with van der Waals surface area (Å²) in [6.45, 7) is 0. The SMILES string of the molecule is COc1ccccc1CCC(=O)Nc1cccc(CSCC(=O)O)c1. The molecule has 2 rings (SSSR count). The zero-order valence-corrected chi connectivity index (χ0v) is 14.8. The van der Waals surface area contributed by atoms with E-state index in [0.29, 0.717) is 18.6 Å². The third-order valence-electron chi connectivity index (χ3n) is 3.52. The van der Waals surface area contributed by atoms with E-state index < -0.39 is 5.97 Å². The second-order valence-corrected chi connectivity index (χ2v) is 6.43. The maximum absolute atomic E-state index is 12.2. The molecule has 0 bridgehead atoms. The van der Waals surface area contributed by atoms with Gasteiger partial charge in [0.05, 0.1) is 12.9 Å². The molecular formula is C19H21NO4S. The number of rotatable bonds is 9. The van der Waals surface area contributed by atoms with Crippen LogP contribution in [-0.4, -0.2) is 29.8 Å². The number of aryl methyl sites for hydroxylation is 1. The highest BCUT2D eigenvalue weighted by atomic mass is 32.2. The number of nitrogens with one attached hydrogen (secondary N) is 1. The van der Waals surface area contributed by atoms with Gasteiger partial charge in [0, 0.05) is 17.9 Å². The molecule has 0 spiro atoms. The van der Waals surface area contributed by atoms with Crippen molar-refractivity contribution in [1.29, 1.82) is 0 Å². The number of benzene rings is 2. The predicted octanol–water partition coefficient (Wildman–Crippen LogP) is 3.58. The van der Waals surface area contributed by atoms with Crippen LogP contribution < -0.4 is 10.1 Å². The Kier molecular flexibility index (Phi) is 7.35. The normalized spacial score (nSPS) is 10.3. The number of hydrogen-bond acceptors (Lipinski definition) is 4. The molecule has 0 aromatic heterocycles. The molecule has 0 radical (unpaired) electrons. The summed E-state index contributed by atoms with van der Waals surface area (Å²) >= 11 is 1.33. The van der Waals surface area contributed by atoms with Crippen molar-refractivity contribution >= 4 is 29.3 Å². The van der Waals surface area contributed by atoms with Crippen LogP contribution in [0.15, 0.2) is 48.5 Å². The van der Waals surface area contributed by atoms with Crippen LogP contribution in [0.4, 0.5) is 5.69 Å². The van der Waals surface area contributed by atoms with Crippen LogP contribution in [0.2, 0.25) is 0 Å². The van der Waals surface area contributed by atoms with Crippen LogP contribution in [0.25, 0.3) is 0 Å². The van der Waals surface area contributed by atoms with Gasteiger partial charge < -0.3 is 15.2 Å². The maximum Gasteiger partial charge on any atom is 0.313 e. The van der Waals surface area contributed by atoms with Gasteiger partial charge in [0.25, 0.3) is 0 Å². The first-order valence-electron chi connectivity index (χ1n) is 7.88. The minimum atomic E-state index is -0.828. The van der Waals surface area contributed by atoms with Crippen molar-refractivity contribution < 1.29 is 19.4 Å². The number of carboxylic acid groups (broad SMARTS) is 1. The minimum absolute atomic E-state index is 0.0650. The Balaban J connectivity index is 1.86. The van der Waals surface area contributed by atoms with Gasteiger partial charge in [-0.25, -0.2) is 0 Å². The highest BCUT2D eigenvalue weighted by molar-refractivity contribution is 7.99. The van der Waals surface area contributed by atoms with E-state index in [2.05, 4.69) is 5.32 Å². The molecule has 0 unspecified atom stereocenters. The fraction of sp³-hybridized carbons (Fsp3) is 0.263. The van der Waals surface area contributed by atoms with Crippen molar-refractivity contribution in [3.8, 4) is 5.75 Å². The zero-order valence-electron chi connectivity index (χ0n) is 14.0. The average molecular weight is 359 g/mol. The summed E-state index contributed by atoms with van der Waals surface area (Å²) in [5, 5.41) is 11.6. The quantitative estimate of drug-likeness (QED) is 0.716. The van der Waals surface area contributed by atoms with Crippen LogP contribution in [0.3, 0.4) is 0 Å². The van der Waals surface area contributed by atoms with Crippen LogP contribution in [0.1, 0.15) is 17.5 Å². The first-order chi connectivity index (χ1) is 12.1. The molecule has 0 aliphatic rings. The molecule has 0 heterocycles. The Morgan fingerprint density at radius 2 is 1.96 bits per heavy atom. The second-order valence-electron chi connectivity index (χ2n) is 5.45. The summed E-state index contributed by atoms with van der Waals surface area (Å²) in [6.07, 6.45) is 0.961. The smallest absolute Gasteiger partial charge is 0.313 e. The number of ether oxygens (including phenoxy) is 1. The molecular weight excluding hydrogens is 338 g/mol. The number of carbonyl (C=O) groups excluding carboxylic acids is 1. The monoisotopic (exact) mass is 359 g/mol. The molecule has 2 N–H and O–H groups in total. The third kappa shape index (κ3) is 6.51. The fourth-order valence-electron chi connectivity index (χ4n) is 2.38. The minimum Gasteiger partial charge on any atom is -0.496 e. The molecule has 0 atom stereocenters. The van der Waals surface area contributed by atoms with Gasteiger partial charge >= 0.3 is 5.97 Å². The van der Waals surface area contributed by atoms with Gasteiger partial charge in [0.1, 0.15) is 5.75 Å². The lowest BCUT2D eigenvalue weighted by Crippen LogP contribution is -2.12. The molecule has 0 aliphatic heterocycles. The van der Waals surface area contributed by atoms with Gasteiger partial charge in [-0.05, 0) is 35.7 Å². The van der Waals surface area contributed by atoms with Gasteiger partial charge in [0.2, 0.25) is 5.91 Å². The first-order valence-corrected chi connectivity index (χ1v) is 9.04. The zero-order chi connectivity index (χ0) is 18.1. The molecule has 6 heteroatoms. The molecule has 0 saturated carbocycles. The van der Waals surface area contributed by atoms with E-state index in [1.807, 2.05) is 48.5 Å². The Bertz CT molecular complexity index is 733. The number of aliphatic carboxylic acids is 1. The number of amides is 1. The molecule has 132 valence electrons. The second kappa shape index (κ2) is 9.74. The van der Waals surface area contributed by atoms with E-state index in [1.54, 1.807) is 7.11 Å². The number of anilines is 1. The molecule has 2 aromatic carbocycles. The lowest BCUT2D eigenvalue weighted by atomic mass is 10.1. The van der Waals surface area contributed by atoms with Crippen molar-refractivity contribution in [2.45, 2.75) is 18.6 Å². The van der Waals surface area contributed by atoms with Gasteiger partial charge in [0.15, 0.2) is 0 Å². The fourth-order valence-corrected chi connectivity index (χ4v) is 3.07. The Hall–Kier alpha value is -2.47. The highest BCUT2D eigenvalue weighted by Crippen LogP contribution is 2.20. The van der Waals surface area contributed by atoms with Crippen molar-refractivity contribution in [3.05, 3.63) is 59.7 Å². The molecule has 25 heavy (non-hydrogen) atoms. The van der Waals surface area contributed by atoms with Crippen molar-refractivity contribution in [1.82, 2.24) is 0 Å². The van der Waals surface area contributed by atoms with Crippen LogP contribution >= 0.6 is 11.8 Å². The number of carboxylic acids is 1. The van der Waals surface area contributed by atoms with Crippen molar-refractivity contribution in [2.24, 2.45) is 0 Å². The third-order valence-corrected chi connectivity index (χ3v) is 4.51. The van der Waals surface area contributed by atoms with Crippen LogP contribution in [0, 0.1) is 0 Å². The van der Waals surface area contributed by atoms with E-state index in [-0.39, 0.29) is 11.7 Å². The Morgan fingerprint density at radius 1 is 1.16 bits per heavy atom. The number of carbonyl (C=O) groups is 2. The van der Waals surface area contributed by atoms with Crippen molar-refractivity contribution in [3.63, 3.8) is 0 Å².